The van der Waals surface area contributed by atoms with Crippen molar-refractivity contribution in [3.63, 3.8) is 0 Å². The van der Waals surface area contributed by atoms with E-state index in [1.54, 1.807) is 0 Å². The lowest BCUT2D eigenvalue weighted by atomic mass is 10.1. The Labute approximate surface area is 108 Å². The zero-order valence-corrected chi connectivity index (χ0v) is 11.2. The number of thioether (sulfide) groups is 1. The Hall–Kier alpha value is -0.510. The summed E-state index contributed by atoms with van der Waals surface area (Å²) in [5.74, 6) is 0. The first-order valence-corrected chi connectivity index (χ1v) is 7.21. The van der Waals surface area contributed by atoms with Crippen LogP contribution in [0.5, 0.6) is 0 Å². The molecular weight excluding hydrogens is 230 g/mol. The van der Waals surface area contributed by atoms with Crippen LogP contribution in [-0.4, -0.2) is 24.5 Å². The zero-order chi connectivity index (χ0) is 12.1. The summed E-state index contributed by atoms with van der Waals surface area (Å²) in [7, 11) is 0. The van der Waals surface area contributed by atoms with Gasteiger partial charge in [0.15, 0.2) is 0 Å². The molecule has 0 aliphatic carbocycles. The van der Waals surface area contributed by atoms with Crippen molar-refractivity contribution >= 4 is 11.8 Å². The standard InChI is InChI=1S/C14H21NOS/c1-11(15)10-12-4-2-3-5-14(12)17-13-6-8-16-9-7-13/h2-5,11,13H,6-10,15H2,1H3. The average Bonchev–Trinajstić information content (AvgIpc) is 2.32. The highest BCUT2D eigenvalue weighted by atomic mass is 32.2. The third-order valence-corrected chi connectivity index (χ3v) is 4.43. The van der Waals surface area contributed by atoms with E-state index in [0.29, 0.717) is 5.25 Å². The predicted molar refractivity (Wildman–Crippen MR) is 73.5 cm³/mol. The van der Waals surface area contributed by atoms with Gasteiger partial charge in [0.05, 0.1) is 0 Å². The topological polar surface area (TPSA) is 35.2 Å². The van der Waals surface area contributed by atoms with Crippen molar-refractivity contribution in [2.24, 2.45) is 5.73 Å². The lowest BCUT2D eigenvalue weighted by Gasteiger charge is -2.22. The summed E-state index contributed by atoms with van der Waals surface area (Å²) in [6, 6.07) is 8.87. The number of hydrogen-bond acceptors (Lipinski definition) is 3. The summed E-state index contributed by atoms with van der Waals surface area (Å²) in [6.07, 6.45) is 3.29. The van der Waals surface area contributed by atoms with E-state index in [0.717, 1.165) is 32.5 Å². The molecule has 1 aromatic carbocycles. The van der Waals surface area contributed by atoms with Crippen molar-refractivity contribution < 1.29 is 4.74 Å². The van der Waals surface area contributed by atoms with Crippen LogP contribution in [0.25, 0.3) is 0 Å². The molecule has 0 saturated carbocycles. The first kappa shape index (κ1) is 12.9. The molecule has 1 aliphatic heterocycles. The molecule has 2 nitrogen and oxygen atoms in total. The highest BCUT2D eigenvalue weighted by molar-refractivity contribution is 8.00. The van der Waals surface area contributed by atoms with Crippen LogP contribution in [0.15, 0.2) is 29.2 Å². The lowest BCUT2D eigenvalue weighted by molar-refractivity contribution is 0.1000. The molecule has 0 radical (unpaired) electrons. The van der Waals surface area contributed by atoms with Gasteiger partial charge in [0.25, 0.3) is 0 Å². The number of ether oxygens (including phenoxy) is 1. The molecule has 1 aromatic rings. The van der Waals surface area contributed by atoms with Gasteiger partial charge in [0.2, 0.25) is 0 Å². The number of hydrogen-bond donors (Lipinski definition) is 1. The molecule has 1 fully saturated rings. The fraction of sp³-hybridized carbons (Fsp3) is 0.571. The van der Waals surface area contributed by atoms with Gasteiger partial charge in [-0.2, -0.15) is 0 Å². The summed E-state index contributed by atoms with van der Waals surface area (Å²) < 4.78 is 5.40. The smallest absolute Gasteiger partial charge is 0.0476 e. The molecule has 2 rings (SSSR count). The van der Waals surface area contributed by atoms with Gasteiger partial charge in [-0.15, -0.1) is 11.8 Å². The Morgan fingerprint density at radius 1 is 1.35 bits per heavy atom. The van der Waals surface area contributed by atoms with Gasteiger partial charge in [-0.05, 0) is 37.8 Å². The van der Waals surface area contributed by atoms with Crippen molar-refractivity contribution in [2.75, 3.05) is 13.2 Å². The van der Waals surface area contributed by atoms with E-state index in [1.807, 2.05) is 11.8 Å². The zero-order valence-electron chi connectivity index (χ0n) is 10.4. The minimum atomic E-state index is 0.228. The molecule has 1 aliphatic rings. The van der Waals surface area contributed by atoms with Crippen LogP contribution in [0.2, 0.25) is 0 Å². The molecule has 0 spiro atoms. The highest BCUT2D eigenvalue weighted by Crippen LogP contribution is 2.32. The molecule has 3 heteroatoms. The van der Waals surface area contributed by atoms with Crippen LogP contribution in [0.4, 0.5) is 0 Å². The predicted octanol–water partition coefficient (Wildman–Crippen LogP) is 2.85. The number of nitrogens with two attached hydrogens (primary N) is 1. The molecule has 1 saturated heterocycles. The van der Waals surface area contributed by atoms with Crippen LogP contribution >= 0.6 is 11.8 Å². The number of benzene rings is 1. The fourth-order valence-electron chi connectivity index (χ4n) is 2.11. The third-order valence-electron chi connectivity index (χ3n) is 2.98. The van der Waals surface area contributed by atoms with Gasteiger partial charge in [-0.1, -0.05) is 18.2 Å². The van der Waals surface area contributed by atoms with E-state index in [2.05, 4.69) is 31.2 Å². The van der Waals surface area contributed by atoms with Crippen molar-refractivity contribution in [3.05, 3.63) is 29.8 Å². The van der Waals surface area contributed by atoms with Crippen molar-refractivity contribution in [2.45, 2.75) is 42.4 Å². The summed E-state index contributed by atoms with van der Waals surface area (Å²) in [5, 5.41) is 0.706. The van der Waals surface area contributed by atoms with E-state index < -0.39 is 0 Å². The molecule has 2 N–H and O–H groups in total. The minimum absolute atomic E-state index is 0.228. The summed E-state index contributed by atoms with van der Waals surface area (Å²) in [4.78, 5) is 1.40. The molecule has 1 atom stereocenters. The Balaban J connectivity index is 2.03. The van der Waals surface area contributed by atoms with Gasteiger partial charge < -0.3 is 10.5 Å². The van der Waals surface area contributed by atoms with Crippen LogP contribution in [0.1, 0.15) is 25.3 Å². The second-order valence-electron chi connectivity index (χ2n) is 4.72. The molecule has 0 amide bonds. The molecule has 1 heterocycles. The van der Waals surface area contributed by atoms with Crippen LogP contribution in [-0.2, 0) is 11.2 Å². The molecule has 0 aromatic heterocycles. The Kier molecular flexibility index (Phi) is 4.89. The fourth-order valence-corrected chi connectivity index (χ4v) is 3.35. The maximum atomic E-state index is 5.90. The second kappa shape index (κ2) is 6.43. The normalized spacial score (nSPS) is 19.2. The Morgan fingerprint density at radius 3 is 2.76 bits per heavy atom. The minimum Gasteiger partial charge on any atom is -0.381 e. The second-order valence-corrected chi connectivity index (χ2v) is 6.06. The quantitative estimate of drug-likeness (QED) is 0.893. The van der Waals surface area contributed by atoms with Crippen molar-refractivity contribution in [1.82, 2.24) is 0 Å². The maximum absolute atomic E-state index is 5.90. The number of rotatable bonds is 4. The average molecular weight is 251 g/mol. The SMILES string of the molecule is CC(N)Cc1ccccc1SC1CCOCC1. The molecule has 17 heavy (non-hydrogen) atoms. The Morgan fingerprint density at radius 2 is 2.06 bits per heavy atom. The van der Waals surface area contributed by atoms with Gasteiger partial charge in [0, 0.05) is 29.4 Å². The van der Waals surface area contributed by atoms with Crippen LogP contribution in [0, 0.1) is 0 Å². The van der Waals surface area contributed by atoms with Crippen molar-refractivity contribution in [3.8, 4) is 0 Å². The third kappa shape index (κ3) is 4.02. The van der Waals surface area contributed by atoms with Gasteiger partial charge in [-0.25, -0.2) is 0 Å². The molecular formula is C14H21NOS. The van der Waals surface area contributed by atoms with Crippen LogP contribution < -0.4 is 5.73 Å². The first-order valence-electron chi connectivity index (χ1n) is 6.33. The van der Waals surface area contributed by atoms with Crippen LogP contribution in [0.3, 0.4) is 0 Å². The van der Waals surface area contributed by atoms with Gasteiger partial charge >= 0.3 is 0 Å². The van der Waals surface area contributed by atoms with E-state index in [-0.39, 0.29) is 6.04 Å². The summed E-state index contributed by atoms with van der Waals surface area (Å²) >= 11 is 2.00. The van der Waals surface area contributed by atoms with E-state index in [4.69, 9.17) is 10.5 Å². The van der Waals surface area contributed by atoms with E-state index in [9.17, 15) is 0 Å². The molecule has 94 valence electrons. The largest absolute Gasteiger partial charge is 0.381 e. The summed E-state index contributed by atoms with van der Waals surface area (Å²) in [6.45, 7) is 3.89. The van der Waals surface area contributed by atoms with Gasteiger partial charge in [-0.3, -0.25) is 0 Å². The molecule has 0 bridgehead atoms. The monoisotopic (exact) mass is 251 g/mol. The first-order chi connectivity index (χ1) is 8.25. The lowest BCUT2D eigenvalue weighted by Crippen LogP contribution is -2.19. The van der Waals surface area contributed by atoms with E-state index in [1.165, 1.54) is 10.5 Å². The van der Waals surface area contributed by atoms with E-state index >= 15 is 0 Å². The maximum Gasteiger partial charge on any atom is 0.0476 e. The molecule has 1 unspecified atom stereocenters. The Bertz CT molecular complexity index is 348. The highest BCUT2D eigenvalue weighted by Gasteiger charge is 2.16. The van der Waals surface area contributed by atoms with Gasteiger partial charge in [0.1, 0.15) is 0 Å². The summed E-state index contributed by atoms with van der Waals surface area (Å²) in [5.41, 5.74) is 7.29. The van der Waals surface area contributed by atoms with Crippen molar-refractivity contribution in [1.29, 1.82) is 0 Å².